The molecule has 47 valence electrons. The van der Waals surface area contributed by atoms with Gasteiger partial charge in [0.2, 0.25) is 0 Å². The fourth-order valence-corrected chi connectivity index (χ4v) is 0. The van der Waals surface area contributed by atoms with E-state index in [0.717, 1.165) is 5.34 Å². The second-order valence-electron chi connectivity index (χ2n) is 0.0745. The first kappa shape index (κ1) is 44.8. The zero-order chi connectivity index (χ0) is 2.71. The Bertz CT molecular complexity index is 20.4. The monoisotopic (exact) mass is 253 g/mol. The van der Waals surface area contributed by atoms with Crippen LogP contribution in [0.5, 0.6) is 0 Å². The maximum absolute atomic E-state index is 8.00. The van der Waals surface area contributed by atoms with E-state index in [-0.39, 0.29) is 56.7 Å². The van der Waals surface area contributed by atoms with Crippen molar-refractivity contribution in [2.75, 3.05) is 0 Å². The van der Waals surface area contributed by atoms with Gasteiger partial charge in [0.25, 0.3) is 0 Å². The molecule has 0 N–H and O–H groups in total. The largest absolute Gasteiger partial charge is 3.00 e. The molecule has 0 fully saturated rings. The van der Waals surface area contributed by atoms with Crippen molar-refractivity contribution in [1.82, 2.24) is 0 Å². The van der Waals surface area contributed by atoms with Crippen LogP contribution in [-0.2, 0) is 19.5 Å². The van der Waals surface area contributed by atoms with Gasteiger partial charge in [0.1, 0.15) is 0 Å². The summed E-state index contributed by atoms with van der Waals surface area (Å²) in [5, 5.41) is 9.00. The van der Waals surface area contributed by atoms with Crippen LogP contribution >= 0.6 is 0 Å². The minimum Gasteiger partial charge on any atom is -1.00 e. The molecule has 0 aliphatic rings. The molecule has 0 rings (SSSR count). The molecule has 7 heteroatoms. The molecule has 0 saturated heterocycles. The first-order valence-electron chi connectivity index (χ1n) is 0.365. The van der Waals surface area contributed by atoms with Crippen molar-refractivity contribution in [3.63, 3.8) is 0 Å². The summed E-state index contributed by atoms with van der Waals surface area (Å²) in [5.74, 6) is 0. The Balaban J connectivity index is -0.00000000333. The molecule has 0 aliphatic heterocycles. The average molecular weight is 253 g/mol. The van der Waals surface area contributed by atoms with Crippen molar-refractivity contribution >= 4 is 0 Å². The van der Waals surface area contributed by atoms with E-state index in [2.05, 4.69) is 0 Å². The maximum Gasteiger partial charge on any atom is 3.00 e. The predicted molar refractivity (Wildman–Crippen MR) is 9.16 cm³/mol. The summed E-state index contributed by atoms with van der Waals surface area (Å²) in [6.45, 7) is 0. The third-order valence-electron chi connectivity index (χ3n) is 0. The van der Waals surface area contributed by atoms with E-state index in [1.54, 1.807) is 0 Å². The fraction of sp³-hybridized carbons (Fsp3) is 0. The number of rotatable bonds is 0. The van der Waals surface area contributed by atoms with Crippen molar-refractivity contribution in [2.45, 2.75) is 0 Å². The molecule has 0 atom stereocenters. The van der Waals surface area contributed by atoms with Crippen LogP contribution in [0.25, 0.3) is 0 Å². The van der Waals surface area contributed by atoms with Crippen molar-refractivity contribution in [3.05, 3.63) is 10.1 Å². The summed E-state index contributed by atoms with van der Waals surface area (Å²) >= 11 is 0. The summed E-state index contributed by atoms with van der Waals surface area (Å²) in [6, 6.07) is 0. The van der Waals surface area contributed by atoms with Gasteiger partial charge < -0.3 is 47.3 Å². The molecule has 1 radical (unpaired) electrons. The SMILES string of the molecule is O=N[O-].[Cl-].[Cl-].[Cl-].[Ru+3]. The average Bonchev–Trinajstić information content (AvgIpc) is 0.918. The molecule has 0 aromatic rings. The van der Waals surface area contributed by atoms with Gasteiger partial charge in [-0.15, -0.1) is 5.34 Å². The molecule has 0 unspecified atom stereocenters. The Morgan fingerprint density at radius 3 is 1.14 bits per heavy atom. The smallest absolute Gasteiger partial charge is 1.00 e. The summed E-state index contributed by atoms with van der Waals surface area (Å²) in [7, 11) is 0. The summed E-state index contributed by atoms with van der Waals surface area (Å²) in [6.07, 6.45) is 0. The van der Waals surface area contributed by atoms with Crippen LogP contribution in [0.1, 0.15) is 0 Å². The molecule has 0 bridgehead atoms. The number of nitrogens with zero attached hydrogens (tertiary/aromatic N) is 1. The molecule has 0 saturated carbocycles. The summed E-state index contributed by atoms with van der Waals surface area (Å²) in [5.41, 5.74) is 0. The van der Waals surface area contributed by atoms with Gasteiger partial charge in [-0.2, -0.15) is 0 Å². The van der Waals surface area contributed by atoms with Crippen molar-refractivity contribution in [2.24, 2.45) is 5.34 Å². The first-order chi connectivity index (χ1) is 1.41. The van der Waals surface area contributed by atoms with Gasteiger partial charge in [0.15, 0.2) is 0 Å². The van der Waals surface area contributed by atoms with Crippen LogP contribution in [-0.4, -0.2) is 0 Å². The zero-order valence-electron chi connectivity index (χ0n) is 2.75. The Hall–Kier alpha value is 0.893. The minimum atomic E-state index is 0. The van der Waals surface area contributed by atoms with E-state index in [4.69, 9.17) is 10.1 Å². The molecular weight excluding hydrogens is 253 g/mol. The number of hydrogen-bond acceptors (Lipinski definition) is 3. The van der Waals surface area contributed by atoms with Crippen LogP contribution in [0.2, 0.25) is 0 Å². The molecule has 0 heterocycles. The van der Waals surface area contributed by atoms with Crippen LogP contribution in [0.4, 0.5) is 0 Å². The molecule has 0 aromatic heterocycles. The second kappa shape index (κ2) is 66.8. The maximum atomic E-state index is 8.00. The van der Waals surface area contributed by atoms with Crippen LogP contribution in [0, 0.1) is 10.1 Å². The Morgan fingerprint density at radius 1 is 1.14 bits per heavy atom. The quantitative estimate of drug-likeness (QED) is 0.245. The van der Waals surface area contributed by atoms with Crippen LogP contribution < -0.4 is 37.2 Å². The van der Waals surface area contributed by atoms with E-state index in [1.165, 1.54) is 0 Å². The third kappa shape index (κ3) is 207. The van der Waals surface area contributed by atoms with E-state index < -0.39 is 0 Å². The van der Waals surface area contributed by atoms with E-state index in [1.807, 2.05) is 0 Å². The molecule has 3 nitrogen and oxygen atoms in total. The van der Waals surface area contributed by atoms with E-state index in [9.17, 15) is 0 Å². The third-order valence-corrected chi connectivity index (χ3v) is 0. The van der Waals surface area contributed by atoms with Crippen molar-refractivity contribution in [1.29, 1.82) is 0 Å². The van der Waals surface area contributed by atoms with E-state index in [0.29, 0.717) is 0 Å². The molecule has 0 aliphatic carbocycles. The summed E-state index contributed by atoms with van der Waals surface area (Å²) < 4.78 is 0. The van der Waals surface area contributed by atoms with Crippen LogP contribution in [0.3, 0.4) is 0 Å². The Kier molecular flexibility index (Phi) is 427. The van der Waals surface area contributed by atoms with Gasteiger partial charge in [-0.1, -0.05) is 0 Å². The number of hydrogen-bond donors (Lipinski definition) is 0. The van der Waals surface area contributed by atoms with Gasteiger partial charge in [-0.05, 0) is 0 Å². The topological polar surface area (TPSA) is 52.5 Å². The van der Waals surface area contributed by atoms with Gasteiger partial charge in [-0.25, -0.2) is 0 Å². The zero-order valence-corrected chi connectivity index (χ0v) is 6.76. The molecule has 0 aromatic carbocycles. The van der Waals surface area contributed by atoms with Gasteiger partial charge in [-0.3, -0.25) is 0 Å². The Morgan fingerprint density at radius 2 is 1.14 bits per heavy atom. The number of halogens is 3. The van der Waals surface area contributed by atoms with E-state index >= 15 is 0 Å². The van der Waals surface area contributed by atoms with Crippen LogP contribution in [0.15, 0.2) is 5.34 Å². The molecule has 0 amide bonds. The Labute approximate surface area is 72.2 Å². The molecular formula is Cl3NO2Ru-. The fourth-order valence-electron chi connectivity index (χ4n) is 0. The molecule has 0 spiro atoms. The van der Waals surface area contributed by atoms with Gasteiger partial charge in [0, 0.05) is 0 Å². The standard InChI is InChI=1S/3ClH.HNO2.Ru/c;;;2-1-3;/h3*1H;(H,2,3);/q;;;;+3/p-4. The predicted octanol–water partition coefficient (Wildman–Crippen LogP) is -8.74. The van der Waals surface area contributed by atoms with Gasteiger partial charge >= 0.3 is 19.5 Å². The first-order valence-corrected chi connectivity index (χ1v) is 0.365. The summed E-state index contributed by atoms with van der Waals surface area (Å²) in [4.78, 5) is 8.00. The normalized spacial score (nSPS) is 1.71. The van der Waals surface area contributed by atoms with Gasteiger partial charge in [0.05, 0.1) is 0 Å². The van der Waals surface area contributed by atoms with Crippen molar-refractivity contribution < 1.29 is 56.7 Å². The van der Waals surface area contributed by atoms with Crippen molar-refractivity contribution in [3.8, 4) is 0 Å². The second-order valence-corrected chi connectivity index (χ2v) is 0.0745. The minimum absolute atomic E-state index is 0. The molecule has 7 heavy (non-hydrogen) atoms.